The Labute approximate surface area is 127 Å². The molecule has 112 valence electrons. The summed E-state index contributed by atoms with van der Waals surface area (Å²) in [6.07, 6.45) is 1.59. The van der Waals surface area contributed by atoms with Crippen molar-refractivity contribution < 1.29 is 13.6 Å². The van der Waals surface area contributed by atoms with Gasteiger partial charge in [0.1, 0.15) is 0 Å². The molecule has 0 aromatic heterocycles. The number of hydrogen-bond acceptors (Lipinski definition) is 1. The van der Waals surface area contributed by atoms with Crippen molar-refractivity contribution in [2.45, 2.75) is 19.3 Å². The number of rotatable bonds is 3. The lowest BCUT2D eigenvalue weighted by Gasteiger charge is -2.21. The second-order valence-corrected chi connectivity index (χ2v) is 5.18. The van der Waals surface area contributed by atoms with Crippen LogP contribution in [0.2, 0.25) is 0 Å². The molecule has 1 amide bonds. The van der Waals surface area contributed by atoms with Gasteiger partial charge in [-0.25, -0.2) is 0 Å². The van der Waals surface area contributed by atoms with Gasteiger partial charge >= 0.3 is 11.8 Å². The molecule has 0 saturated heterocycles. The van der Waals surface area contributed by atoms with Gasteiger partial charge in [-0.1, -0.05) is 49.4 Å². The Morgan fingerprint density at radius 3 is 2.23 bits per heavy atom. The van der Waals surface area contributed by atoms with Gasteiger partial charge in [-0.15, -0.1) is 0 Å². The molecule has 0 aliphatic carbocycles. The van der Waals surface area contributed by atoms with Crippen LogP contribution in [0.25, 0.3) is 5.70 Å². The molecule has 0 radical (unpaired) electrons. The van der Waals surface area contributed by atoms with Crippen LogP contribution >= 0.6 is 0 Å². The highest BCUT2D eigenvalue weighted by Crippen LogP contribution is 2.39. The minimum absolute atomic E-state index is 0.222. The summed E-state index contributed by atoms with van der Waals surface area (Å²) >= 11 is 0. The first-order valence-electron chi connectivity index (χ1n) is 7.12. The van der Waals surface area contributed by atoms with Crippen molar-refractivity contribution in [1.29, 1.82) is 0 Å². The van der Waals surface area contributed by atoms with Crippen molar-refractivity contribution in [2.75, 3.05) is 4.90 Å². The molecule has 0 fully saturated rings. The van der Waals surface area contributed by atoms with E-state index in [-0.39, 0.29) is 5.70 Å². The molecule has 2 aromatic carbocycles. The molecule has 1 heterocycles. The highest BCUT2D eigenvalue weighted by atomic mass is 19.3. The normalized spacial score (nSPS) is 16.8. The third kappa shape index (κ3) is 2.41. The lowest BCUT2D eigenvalue weighted by molar-refractivity contribution is -0.134. The molecule has 2 nitrogen and oxygen atoms in total. The Morgan fingerprint density at radius 2 is 1.64 bits per heavy atom. The fraction of sp³-hybridized carbons (Fsp3) is 0.167. The van der Waals surface area contributed by atoms with Crippen molar-refractivity contribution >= 4 is 17.3 Å². The van der Waals surface area contributed by atoms with E-state index in [0.29, 0.717) is 11.3 Å². The van der Waals surface area contributed by atoms with Crippen molar-refractivity contribution in [3.8, 4) is 0 Å². The maximum absolute atomic E-state index is 13.9. The number of nitrogens with zero attached hydrogens (tertiary/aromatic N) is 1. The molecule has 2 aromatic rings. The Kier molecular flexibility index (Phi) is 3.53. The van der Waals surface area contributed by atoms with Gasteiger partial charge in [-0.2, -0.15) is 8.78 Å². The Balaban J connectivity index is 2.07. The quantitative estimate of drug-likeness (QED) is 0.828. The van der Waals surface area contributed by atoms with E-state index in [1.54, 1.807) is 42.5 Å². The van der Waals surface area contributed by atoms with Crippen LogP contribution in [0.15, 0.2) is 60.7 Å². The summed E-state index contributed by atoms with van der Waals surface area (Å²) in [7, 11) is 0. The van der Waals surface area contributed by atoms with Crippen molar-refractivity contribution in [2.24, 2.45) is 0 Å². The number of benzene rings is 2. The third-order valence-corrected chi connectivity index (χ3v) is 3.72. The third-order valence-electron chi connectivity index (χ3n) is 3.72. The van der Waals surface area contributed by atoms with E-state index in [2.05, 4.69) is 0 Å². The minimum Gasteiger partial charge on any atom is -0.275 e. The molecule has 22 heavy (non-hydrogen) atoms. The van der Waals surface area contributed by atoms with Gasteiger partial charge in [0.05, 0.1) is 5.70 Å². The Hall–Kier alpha value is -2.49. The molecular weight excluding hydrogens is 284 g/mol. The summed E-state index contributed by atoms with van der Waals surface area (Å²) in [5.41, 5.74) is 2.36. The number of hydrogen-bond donors (Lipinski definition) is 0. The van der Waals surface area contributed by atoms with E-state index >= 15 is 0 Å². The highest BCUT2D eigenvalue weighted by Gasteiger charge is 2.48. The lowest BCUT2D eigenvalue weighted by Crippen LogP contribution is -2.34. The first kappa shape index (κ1) is 14.4. The summed E-state index contributed by atoms with van der Waals surface area (Å²) < 4.78 is 27.8. The van der Waals surface area contributed by atoms with Crippen LogP contribution in [-0.4, -0.2) is 11.8 Å². The predicted molar refractivity (Wildman–Crippen MR) is 82.7 cm³/mol. The monoisotopic (exact) mass is 299 g/mol. The summed E-state index contributed by atoms with van der Waals surface area (Å²) in [6.45, 7) is 2.01. The number of anilines is 1. The zero-order valence-electron chi connectivity index (χ0n) is 12.1. The lowest BCUT2D eigenvalue weighted by atomic mass is 10.1. The fourth-order valence-electron chi connectivity index (χ4n) is 2.51. The van der Waals surface area contributed by atoms with Gasteiger partial charge in [0.15, 0.2) is 0 Å². The van der Waals surface area contributed by atoms with E-state index in [1.165, 1.54) is 0 Å². The van der Waals surface area contributed by atoms with Crippen LogP contribution in [0.3, 0.4) is 0 Å². The SMILES string of the molecule is CCc1ccc(N2C(=O)C(F)(F)C=C2c2ccccc2)cc1. The average Bonchev–Trinajstić information content (AvgIpc) is 2.79. The first-order chi connectivity index (χ1) is 10.5. The fourth-order valence-corrected chi connectivity index (χ4v) is 2.51. The van der Waals surface area contributed by atoms with Crippen LogP contribution in [0.1, 0.15) is 18.1 Å². The number of carbonyl (C=O) groups is 1. The van der Waals surface area contributed by atoms with Crippen LogP contribution in [0.5, 0.6) is 0 Å². The van der Waals surface area contributed by atoms with Gasteiger partial charge in [0.25, 0.3) is 0 Å². The molecule has 1 aliphatic heterocycles. The van der Waals surface area contributed by atoms with Gasteiger partial charge < -0.3 is 0 Å². The molecule has 0 bridgehead atoms. The molecule has 0 spiro atoms. The zero-order valence-corrected chi connectivity index (χ0v) is 12.1. The number of carbonyl (C=O) groups excluding carboxylic acids is 1. The molecular formula is C18H15F2NO. The summed E-state index contributed by atoms with van der Waals surface area (Å²) in [6, 6.07) is 15.9. The van der Waals surface area contributed by atoms with Crippen LogP contribution in [0.4, 0.5) is 14.5 Å². The summed E-state index contributed by atoms with van der Waals surface area (Å²) in [4.78, 5) is 13.2. The molecule has 0 saturated carbocycles. The summed E-state index contributed by atoms with van der Waals surface area (Å²) in [5, 5.41) is 0. The van der Waals surface area contributed by atoms with E-state index in [9.17, 15) is 13.6 Å². The van der Waals surface area contributed by atoms with Gasteiger partial charge in [0.2, 0.25) is 0 Å². The number of aryl methyl sites for hydroxylation is 1. The first-order valence-corrected chi connectivity index (χ1v) is 7.12. The standard InChI is InChI=1S/C18H15F2NO/c1-2-13-8-10-15(11-9-13)21-16(12-18(19,20)17(21)22)14-6-4-3-5-7-14/h3-12H,2H2,1H3. The second-order valence-electron chi connectivity index (χ2n) is 5.18. The Morgan fingerprint density at radius 1 is 1.00 bits per heavy atom. The topological polar surface area (TPSA) is 20.3 Å². The van der Waals surface area contributed by atoms with Crippen LogP contribution in [0, 0.1) is 0 Å². The number of alkyl halides is 2. The van der Waals surface area contributed by atoms with E-state index in [1.807, 2.05) is 19.1 Å². The van der Waals surface area contributed by atoms with Gasteiger partial charge in [-0.05, 0) is 29.7 Å². The number of amides is 1. The maximum atomic E-state index is 13.9. The predicted octanol–water partition coefficient (Wildman–Crippen LogP) is 4.27. The van der Waals surface area contributed by atoms with Crippen molar-refractivity contribution in [3.05, 3.63) is 71.8 Å². The van der Waals surface area contributed by atoms with Gasteiger partial charge in [0, 0.05) is 11.8 Å². The number of halogens is 2. The summed E-state index contributed by atoms with van der Waals surface area (Å²) in [5.74, 6) is -4.69. The zero-order chi connectivity index (χ0) is 15.7. The Bertz CT molecular complexity index is 721. The van der Waals surface area contributed by atoms with E-state index in [4.69, 9.17) is 0 Å². The molecule has 4 heteroatoms. The minimum atomic E-state index is -3.48. The molecule has 0 atom stereocenters. The van der Waals surface area contributed by atoms with Crippen molar-refractivity contribution in [3.63, 3.8) is 0 Å². The van der Waals surface area contributed by atoms with Crippen LogP contribution in [-0.2, 0) is 11.2 Å². The molecule has 1 aliphatic rings. The second kappa shape index (κ2) is 5.37. The van der Waals surface area contributed by atoms with E-state index in [0.717, 1.165) is 23.0 Å². The smallest absolute Gasteiger partial charge is 0.275 e. The van der Waals surface area contributed by atoms with Gasteiger partial charge in [-0.3, -0.25) is 9.69 Å². The van der Waals surface area contributed by atoms with Crippen molar-refractivity contribution in [1.82, 2.24) is 0 Å². The van der Waals surface area contributed by atoms with E-state index < -0.39 is 11.8 Å². The molecule has 0 N–H and O–H groups in total. The van der Waals surface area contributed by atoms with Crippen LogP contribution < -0.4 is 4.90 Å². The highest BCUT2D eigenvalue weighted by molar-refractivity contribution is 6.15. The average molecular weight is 299 g/mol. The maximum Gasteiger partial charge on any atom is 0.346 e. The largest absolute Gasteiger partial charge is 0.346 e. The molecule has 3 rings (SSSR count). The molecule has 0 unspecified atom stereocenters.